The van der Waals surface area contributed by atoms with Crippen LogP contribution in [0.4, 0.5) is 0 Å². The van der Waals surface area contributed by atoms with E-state index >= 15 is 0 Å². The second-order valence-electron chi connectivity index (χ2n) is 5.52. The SMILES string of the molecule is CCS(=O)(=O)CCNC1CCOC2(CCSCC2)C1. The Labute approximate surface area is 121 Å². The predicted molar refractivity (Wildman–Crippen MR) is 80.6 cm³/mol. The molecule has 2 fully saturated rings. The van der Waals surface area contributed by atoms with E-state index in [2.05, 4.69) is 5.32 Å². The summed E-state index contributed by atoms with van der Waals surface area (Å²) in [5, 5.41) is 3.42. The third-order valence-corrected chi connectivity index (χ3v) is 6.87. The van der Waals surface area contributed by atoms with E-state index in [4.69, 9.17) is 4.74 Å². The lowest BCUT2D eigenvalue weighted by molar-refractivity contribution is -0.0929. The first kappa shape index (κ1) is 15.6. The Kier molecular flexibility index (Phi) is 5.57. The number of hydrogen-bond donors (Lipinski definition) is 1. The maximum Gasteiger partial charge on any atom is 0.151 e. The van der Waals surface area contributed by atoms with E-state index in [0.29, 0.717) is 12.6 Å². The number of ether oxygens (including phenoxy) is 1. The van der Waals surface area contributed by atoms with Crippen molar-refractivity contribution in [2.24, 2.45) is 0 Å². The van der Waals surface area contributed by atoms with E-state index in [1.165, 1.54) is 11.5 Å². The third kappa shape index (κ3) is 4.62. The first-order valence-electron chi connectivity index (χ1n) is 7.21. The highest BCUT2D eigenvalue weighted by molar-refractivity contribution is 7.99. The van der Waals surface area contributed by atoms with E-state index in [9.17, 15) is 8.42 Å². The first-order chi connectivity index (χ1) is 9.05. The summed E-state index contributed by atoms with van der Waals surface area (Å²) in [5.41, 5.74) is 0.0742. The molecule has 2 aliphatic rings. The van der Waals surface area contributed by atoms with Crippen molar-refractivity contribution in [2.45, 2.75) is 44.2 Å². The van der Waals surface area contributed by atoms with Gasteiger partial charge in [-0.25, -0.2) is 8.42 Å². The zero-order chi connectivity index (χ0) is 13.8. The molecule has 0 aliphatic carbocycles. The normalized spacial score (nSPS) is 27.5. The quantitative estimate of drug-likeness (QED) is 0.833. The number of hydrogen-bond acceptors (Lipinski definition) is 5. The molecule has 112 valence electrons. The van der Waals surface area contributed by atoms with Crippen LogP contribution in [-0.2, 0) is 14.6 Å². The highest BCUT2D eigenvalue weighted by Gasteiger charge is 2.38. The Morgan fingerprint density at radius 3 is 2.79 bits per heavy atom. The molecular formula is C13H25NO3S2. The third-order valence-electron chi connectivity index (χ3n) is 4.18. The number of nitrogens with one attached hydrogen (secondary N) is 1. The van der Waals surface area contributed by atoms with Gasteiger partial charge in [-0.1, -0.05) is 6.92 Å². The van der Waals surface area contributed by atoms with E-state index < -0.39 is 9.84 Å². The van der Waals surface area contributed by atoms with Gasteiger partial charge >= 0.3 is 0 Å². The molecule has 1 unspecified atom stereocenters. The Morgan fingerprint density at radius 1 is 1.37 bits per heavy atom. The van der Waals surface area contributed by atoms with Gasteiger partial charge in [0.1, 0.15) is 0 Å². The van der Waals surface area contributed by atoms with Crippen LogP contribution in [0.2, 0.25) is 0 Å². The minimum Gasteiger partial charge on any atom is -0.375 e. The minimum atomic E-state index is -2.85. The van der Waals surface area contributed by atoms with Crippen LogP contribution in [0.25, 0.3) is 0 Å². The molecule has 4 nitrogen and oxygen atoms in total. The van der Waals surface area contributed by atoms with E-state index in [1.54, 1.807) is 6.92 Å². The summed E-state index contributed by atoms with van der Waals surface area (Å²) >= 11 is 2.01. The van der Waals surface area contributed by atoms with Gasteiger partial charge in [0, 0.05) is 24.9 Å². The highest BCUT2D eigenvalue weighted by atomic mass is 32.2. The molecule has 0 radical (unpaired) electrons. The van der Waals surface area contributed by atoms with Crippen LogP contribution in [0.3, 0.4) is 0 Å². The lowest BCUT2D eigenvalue weighted by atomic mass is 9.85. The zero-order valence-corrected chi connectivity index (χ0v) is 13.3. The van der Waals surface area contributed by atoms with Crippen LogP contribution in [0, 0.1) is 0 Å². The molecule has 1 atom stereocenters. The van der Waals surface area contributed by atoms with Gasteiger partial charge in [0.2, 0.25) is 0 Å². The summed E-state index contributed by atoms with van der Waals surface area (Å²) in [4.78, 5) is 0. The van der Waals surface area contributed by atoms with Gasteiger partial charge in [-0.15, -0.1) is 0 Å². The fraction of sp³-hybridized carbons (Fsp3) is 1.00. The smallest absolute Gasteiger partial charge is 0.151 e. The average Bonchev–Trinajstić information content (AvgIpc) is 2.40. The van der Waals surface area contributed by atoms with Crippen molar-refractivity contribution in [3.05, 3.63) is 0 Å². The molecule has 1 spiro atoms. The second-order valence-corrected chi connectivity index (χ2v) is 9.22. The molecular weight excluding hydrogens is 282 g/mol. The molecule has 6 heteroatoms. The number of rotatable bonds is 5. The minimum absolute atomic E-state index is 0.0742. The fourth-order valence-corrected chi connectivity index (χ4v) is 4.81. The molecule has 19 heavy (non-hydrogen) atoms. The van der Waals surface area contributed by atoms with Crippen LogP contribution in [-0.4, -0.2) is 56.2 Å². The van der Waals surface area contributed by atoms with Crippen molar-refractivity contribution >= 4 is 21.6 Å². The molecule has 0 amide bonds. The maximum absolute atomic E-state index is 11.5. The van der Waals surface area contributed by atoms with Crippen LogP contribution in [0.1, 0.15) is 32.6 Å². The summed E-state index contributed by atoms with van der Waals surface area (Å²) < 4.78 is 29.0. The summed E-state index contributed by atoms with van der Waals surface area (Å²) in [6, 6.07) is 0.420. The molecule has 2 saturated heterocycles. The van der Waals surface area contributed by atoms with Gasteiger partial charge in [0.05, 0.1) is 11.4 Å². The summed E-state index contributed by atoms with van der Waals surface area (Å²) in [7, 11) is -2.85. The van der Waals surface area contributed by atoms with Crippen molar-refractivity contribution in [2.75, 3.05) is 36.2 Å². The van der Waals surface area contributed by atoms with Gasteiger partial charge in [-0.3, -0.25) is 0 Å². The second kappa shape index (κ2) is 6.78. The predicted octanol–water partition coefficient (Wildman–Crippen LogP) is 1.46. The molecule has 2 heterocycles. The summed E-state index contributed by atoms with van der Waals surface area (Å²) in [5.74, 6) is 2.88. The van der Waals surface area contributed by atoms with E-state index in [1.807, 2.05) is 11.8 Å². The van der Waals surface area contributed by atoms with Crippen LogP contribution >= 0.6 is 11.8 Å². The molecule has 2 aliphatic heterocycles. The average molecular weight is 307 g/mol. The Balaban J connectivity index is 1.78. The molecule has 1 N–H and O–H groups in total. The van der Waals surface area contributed by atoms with Crippen LogP contribution in [0.15, 0.2) is 0 Å². The molecule has 0 aromatic carbocycles. The van der Waals surface area contributed by atoms with Gasteiger partial charge < -0.3 is 10.1 Å². The lowest BCUT2D eigenvalue weighted by Crippen LogP contribution is -2.49. The van der Waals surface area contributed by atoms with Gasteiger partial charge in [-0.05, 0) is 37.2 Å². The number of sulfone groups is 1. The van der Waals surface area contributed by atoms with Crippen molar-refractivity contribution < 1.29 is 13.2 Å². The number of thioether (sulfide) groups is 1. The van der Waals surface area contributed by atoms with Crippen molar-refractivity contribution in [1.29, 1.82) is 0 Å². The Bertz CT molecular complexity index is 372. The van der Waals surface area contributed by atoms with Crippen LogP contribution < -0.4 is 5.32 Å². The lowest BCUT2D eigenvalue weighted by Gasteiger charge is -2.43. The van der Waals surface area contributed by atoms with Crippen molar-refractivity contribution in [3.63, 3.8) is 0 Å². The summed E-state index contributed by atoms with van der Waals surface area (Å²) in [6.45, 7) is 3.09. The Morgan fingerprint density at radius 2 is 2.11 bits per heavy atom. The first-order valence-corrected chi connectivity index (χ1v) is 10.2. The highest BCUT2D eigenvalue weighted by Crippen LogP contribution is 2.37. The van der Waals surface area contributed by atoms with E-state index in [0.717, 1.165) is 32.3 Å². The molecule has 0 bridgehead atoms. The van der Waals surface area contributed by atoms with Crippen molar-refractivity contribution in [1.82, 2.24) is 5.32 Å². The largest absolute Gasteiger partial charge is 0.375 e. The van der Waals surface area contributed by atoms with E-state index in [-0.39, 0.29) is 17.1 Å². The van der Waals surface area contributed by atoms with Gasteiger partial charge in [0.15, 0.2) is 9.84 Å². The fourth-order valence-electron chi connectivity index (χ4n) is 2.86. The monoisotopic (exact) mass is 307 g/mol. The van der Waals surface area contributed by atoms with Crippen molar-refractivity contribution in [3.8, 4) is 0 Å². The standard InChI is InChI=1S/C13H25NO3S2/c1-2-19(15,16)10-6-14-12-3-7-17-13(11-12)4-8-18-9-5-13/h12,14H,2-11H2,1H3. The zero-order valence-electron chi connectivity index (χ0n) is 11.7. The van der Waals surface area contributed by atoms with Crippen LogP contribution in [0.5, 0.6) is 0 Å². The topological polar surface area (TPSA) is 55.4 Å². The molecule has 2 rings (SSSR count). The van der Waals surface area contributed by atoms with Gasteiger partial charge in [-0.2, -0.15) is 11.8 Å². The molecule has 0 aromatic heterocycles. The summed E-state index contributed by atoms with van der Waals surface area (Å²) in [6.07, 6.45) is 4.33. The Hall–Kier alpha value is 0.220. The molecule has 0 saturated carbocycles. The molecule has 0 aromatic rings. The van der Waals surface area contributed by atoms with Gasteiger partial charge in [0.25, 0.3) is 0 Å². The maximum atomic E-state index is 11.5.